The summed E-state index contributed by atoms with van der Waals surface area (Å²) in [6, 6.07) is 11.7. The molecule has 0 aromatic heterocycles. The summed E-state index contributed by atoms with van der Waals surface area (Å²) in [6.45, 7) is 0. The SMILES string of the molecule is O=C(NC(NC(=S)Nc1ccc(Cl)c(Cl)c1)C(Cl)(Cl)Cl)c1ccccc1Br. The van der Waals surface area contributed by atoms with Gasteiger partial charge < -0.3 is 16.0 Å². The highest BCUT2D eigenvalue weighted by Gasteiger charge is 2.35. The number of hydrogen-bond acceptors (Lipinski definition) is 2. The third-order valence-electron chi connectivity index (χ3n) is 3.17. The van der Waals surface area contributed by atoms with Crippen LogP contribution in [0.3, 0.4) is 0 Å². The van der Waals surface area contributed by atoms with Crippen molar-refractivity contribution < 1.29 is 4.79 Å². The van der Waals surface area contributed by atoms with Gasteiger partial charge in [0.15, 0.2) is 5.11 Å². The molecule has 0 radical (unpaired) electrons. The minimum absolute atomic E-state index is 0.108. The first-order valence-electron chi connectivity index (χ1n) is 7.22. The monoisotopic (exact) mass is 547 g/mol. The molecule has 1 atom stereocenters. The average Bonchev–Trinajstić information content (AvgIpc) is 2.57. The van der Waals surface area contributed by atoms with Crippen molar-refractivity contribution in [1.82, 2.24) is 10.6 Å². The highest BCUT2D eigenvalue weighted by Crippen LogP contribution is 2.30. The molecule has 1 unspecified atom stereocenters. The zero-order valence-electron chi connectivity index (χ0n) is 13.2. The summed E-state index contributed by atoms with van der Waals surface area (Å²) in [4.78, 5) is 12.5. The summed E-state index contributed by atoms with van der Waals surface area (Å²) in [5.74, 6) is -0.455. The van der Waals surface area contributed by atoms with Gasteiger partial charge in [0.2, 0.25) is 3.79 Å². The number of alkyl halides is 3. The molecule has 0 spiro atoms. The van der Waals surface area contributed by atoms with E-state index in [2.05, 4.69) is 31.9 Å². The molecule has 0 heterocycles. The lowest BCUT2D eigenvalue weighted by atomic mass is 10.2. The number of thiocarbonyl (C=S) groups is 1. The largest absolute Gasteiger partial charge is 0.339 e. The molecule has 144 valence electrons. The number of carbonyl (C=O) groups excluding carboxylic acids is 1. The van der Waals surface area contributed by atoms with Gasteiger partial charge in [0.1, 0.15) is 6.17 Å². The molecule has 0 saturated carbocycles. The van der Waals surface area contributed by atoms with Crippen LogP contribution in [0.25, 0.3) is 0 Å². The number of benzene rings is 2. The highest BCUT2D eigenvalue weighted by atomic mass is 79.9. The highest BCUT2D eigenvalue weighted by molar-refractivity contribution is 9.10. The molecule has 2 aromatic carbocycles. The van der Waals surface area contributed by atoms with Crippen molar-refractivity contribution in [3.63, 3.8) is 0 Å². The summed E-state index contributed by atoms with van der Waals surface area (Å²) in [5.41, 5.74) is 0.948. The van der Waals surface area contributed by atoms with E-state index in [-0.39, 0.29) is 5.11 Å². The van der Waals surface area contributed by atoms with Crippen molar-refractivity contribution in [3.8, 4) is 0 Å². The van der Waals surface area contributed by atoms with Gasteiger partial charge in [-0.3, -0.25) is 4.79 Å². The molecular formula is C16H11BrCl5N3OS. The van der Waals surface area contributed by atoms with Gasteiger partial charge in [-0.2, -0.15) is 0 Å². The topological polar surface area (TPSA) is 53.2 Å². The summed E-state index contributed by atoms with van der Waals surface area (Å²) >= 11 is 38.3. The Kier molecular flexibility index (Phi) is 8.31. The van der Waals surface area contributed by atoms with Gasteiger partial charge in [0.05, 0.1) is 15.6 Å². The van der Waals surface area contributed by atoms with E-state index in [4.69, 9.17) is 70.2 Å². The Morgan fingerprint density at radius 3 is 2.30 bits per heavy atom. The Morgan fingerprint density at radius 2 is 1.70 bits per heavy atom. The fourth-order valence-electron chi connectivity index (χ4n) is 1.93. The Hall–Kier alpha value is -0.470. The molecule has 27 heavy (non-hydrogen) atoms. The van der Waals surface area contributed by atoms with E-state index in [1.165, 1.54) is 0 Å². The molecule has 0 fully saturated rings. The minimum atomic E-state index is -1.87. The van der Waals surface area contributed by atoms with Gasteiger partial charge in [-0.25, -0.2) is 0 Å². The maximum absolute atomic E-state index is 12.5. The van der Waals surface area contributed by atoms with Gasteiger partial charge in [0.25, 0.3) is 5.91 Å². The summed E-state index contributed by atoms with van der Waals surface area (Å²) in [7, 11) is 0. The maximum atomic E-state index is 12.5. The number of nitrogens with one attached hydrogen (secondary N) is 3. The second kappa shape index (κ2) is 9.83. The summed E-state index contributed by atoms with van der Waals surface area (Å²) < 4.78 is -1.28. The molecule has 0 aliphatic heterocycles. The first-order chi connectivity index (χ1) is 12.6. The Labute approximate surface area is 195 Å². The average molecular weight is 551 g/mol. The molecule has 2 aromatic rings. The lowest BCUT2D eigenvalue weighted by Crippen LogP contribution is -2.56. The molecule has 0 aliphatic carbocycles. The van der Waals surface area contributed by atoms with Crippen LogP contribution in [0.4, 0.5) is 5.69 Å². The zero-order chi connectivity index (χ0) is 20.2. The van der Waals surface area contributed by atoms with E-state index < -0.39 is 15.9 Å². The van der Waals surface area contributed by atoms with Gasteiger partial charge in [-0.1, -0.05) is 70.1 Å². The first kappa shape index (κ1) is 22.8. The Bertz CT molecular complexity index is 862. The van der Waals surface area contributed by atoms with Crippen LogP contribution >= 0.6 is 86.2 Å². The molecule has 1 amide bonds. The third-order valence-corrected chi connectivity index (χ3v) is 5.48. The third kappa shape index (κ3) is 6.82. The Balaban J connectivity index is 2.10. The van der Waals surface area contributed by atoms with Crippen LogP contribution in [0.15, 0.2) is 46.9 Å². The molecule has 0 aliphatic rings. The van der Waals surface area contributed by atoms with Crippen LogP contribution in [0, 0.1) is 0 Å². The maximum Gasteiger partial charge on any atom is 0.254 e. The summed E-state index contributed by atoms with van der Waals surface area (Å²) in [6.07, 6.45) is -1.11. The van der Waals surface area contributed by atoms with Gasteiger partial charge in [0, 0.05) is 10.2 Å². The van der Waals surface area contributed by atoms with Crippen molar-refractivity contribution >= 4 is 103 Å². The number of rotatable bonds is 4. The first-order valence-corrected chi connectivity index (χ1v) is 10.3. The lowest BCUT2D eigenvalue weighted by Gasteiger charge is -2.28. The van der Waals surface area contributed by atoms with E-state index in [1.807, 2.05) is 0 Å². The normalized spacial score (nSPS) is 12.2. The quantitative estimate of drug-likeness (QED) is 0.242. The van der Waals surface area contributed by atoms with Crippen LogP contribution in [-0.2, 0) is 0 Å². The number of anilines is 1. The molecule has 4 nitrogen and oxygen atoms in total. The number of carbonyl (C=O) groups is 1. The van der Waals surface area contributed by atoms with Gasteiger partial charge in [-0.15, -0.1) is 0 Å². The fourth-order valence-corrected chi connectivity index (χ4v) is 3.25. The van der Waals surface area contributed by atoms with Crippen molar-refractivity contribution in [2.45, 2.75) is 9.96 Å². The second-order valence-corrected chi connectivity index (χ2v) is 9.60. The zero-order valence-corrected chi connectivity index (χ0v) is 19.4. The molecule has 3 N–H and O–H groups in total. The lowest BCUT2D eigenvalue weighted by molar-refractivity contribution is 0.0934. The van der Waals surface area contributed by atoms with Crippen LogP contribution in [0.1, 0.15) is 10.4 Å². The van der Waals surface area contributed by atoms with Gasteiger partial charge in [-0.05, 0) is 58.5 Å². The van der Waals surface area contributed by atoms with Crippen molar-refractivity contribution in [3.05, 3.63) is 62.5 Å². The molecule has 2 rings (SSSR count). The smallest absolute Gasteiger partial charge is 0.254 e. The predicted octanol–water partition coefficient (Wildman–Crippen LogP) is 6.17. The molecule has 11 heteroatoms. The second-order valence-electron chi connectivity index (χ2n) is 5.16. The molecular weight excluding hydrogens is 539 g/mol. The van der Waals surface area contributed by atoms with E-state index in [9.17, 15) is 4.79 Å². The Morgan fingerprint density at radius 1 is 1.04 bits per heavy atom. The predicted molar refractivity (Wildman–Crippen MR) is 122 cm³/mol. The van der Waals surface area contributed by atoms with E-state index in [0.717, 1.165) is 0 Å². The number of hydrogen-bond donors (Lipinski definition) is 3. The minimum Gasteiger partial charge on any atom is -0.339 e. The van der Waals surface area contributed by atoms with Crippen LogP contribution in [0.5, 0.6) is 0 Å². The van der Waals surface area contributed by atoms with E-state index in [0.29, 0.717) is 25.8 Å². The van der Waals surface area contributed by atoms with Crippen molar-refractivity contribution in [2.24, 2.45) is 0 Å². The summed E-state index contributed by atoms with van der Waals surface area (Å²) in [5, 5.41) is 9.10. The fraction of sp³-hybridized carbons (Fsp3) is 0.125. The van der Waals surface area contributed by atoms with Crippen LogP contribution < -0.4 is 16.0 Å². The van der Waals surface area contributed by atoms with Crippen molar-refractivity contribution in [1.29, 1.82) is 0 Å². The van der Waals surface area contributed by atoms with E-state index >= 15 is 0 Å². The van der Waals surface area contributed by atoms with Gasteiger partial charge >= 0.3 is 0 Å². The van der Waals surface area contributed by atoms with Crippen molar-refractivity contribution in [2.75, 3.05) is 5.32 Å². The molecule has 0 saturated heterocycles. The van der Waals surface area contributed by atoms with Crippen LogP contribution in [0.2, 0.25) is 10.0 Å². The number of amides is 1. The number of halogens is 6. The van der Waals surface area contributed by atoms with E-state index in [1.54, 1.807) is 42.5 Å². The standard InChI is InChI=1S/C16H11BrCl5N3OS/c17-10-4-2-1-3-9(10)13(26)24-14(16(20,21)22)25-15(27)23-8-5-6-11(18)12(19)7-8/h1-7,14H,(H,24,26)(H2,23,25,27). The van der Waals surface area contributed by atoms with Crippen LogP contribution in [-0.4, -0.2) is 21.0 Å². The molecule has 0 bridgehead atoms.